The lowest BCUT2D eigenvalue weighted by Crippen LogP contribution is -2.41. The third-order valence-corrected chi connectivity index (χ3v) is 3.85. The van der Waals surface area contributed by atoms with Gasteiger partial charge >= 0.3 is 17.6 Å². The molecule has 0 radical (unpaired) electrons. The summed E-state index contributed by atoms with van der Waals surface area (Å²) < 4.78 is 38.2. The van der Waals surface area contributed by atoms with Gasteiger partial charge in [-0.3, -0.25) is 14.2 Å². The zero-order chi connectivity index (χ0) is 20.9. The number of aliphatic hydroxyl groups excluding tert-OH is 2. The molecule has 3 unspecified atom stereocenters. The number of esters is 1. The molecule has 11 nitrogen and oxygen atoms in total. The summed E-state index contributed by atoms with van der Waals surface area (Å²) in [4.78, 5) is 38.5. The number of carbonyl (C=O) groups is 2. The van der Waals surface area contributed by atoms with Gasteiger partial charge in [-0.15, -0.1) is 0 Å². The molecule has 2 rings (SSSR count). The quantitative estimate of drug-likeness (QED) is 0.367. The van der Waals surface area contributed by atoms with Gasteiger partial charge in [0.05, 0.1) is 13.0 Å². The standard InChI is InChI=1S/C15H20F2N4O7/c1-18-4-2-11(24)27-7-10(23)19-9-3-5-21(14(26)20-9)13-15(16,17)12(25)8(6-22)28-13/h3,5,8,12-13,18,22,25H,2,4,6-7H2,1H3,(H,19,20,23,26). The van der Waals surface area contributed by atoms with E-state index in [1.165, 1.54) is 0 Å². The Morgan fingerprint density at radius 3 is 2.75 bits per heavy atom. The number of ether oxygens (including phenoxy) is 2. The average Bonchev–Trinajstić information content (AvgIpc) is 2.88. The highest BCUT2D eigenvalue weighted by Crippen LogP contribution is 2.41. The second-order valence-electron chi connectivity index (χ2n) is 5.89. The topological polar surface area (TPSA) is 152 Å². The first-order valence-electron chi connectivity index (χ1n) is 8.22. The molecule has 1 aliphatic rings. The molecule has 0 saturated carbocycles. The van der Waals surface area contributed by atoms with E-state index >= 15 is 0 Å². The predicted octanol–water partition coefficient (Wildman–Crippen LogP) is -1.78. The van der Waals surface area contributed by atoms with E-state index in [1.807, 2.05) is 0 Å². The van der Waals surface area contributed by atoms with E-state index in [0.29, 0.717) is 11.1 Å². The normalized spacial score (nSPS) is 23.4. The summed E-state index contributed by atoms with van der Waals surface area (Å²) >= 11 is 0. The molecule has 1 amide bonds. The first-order valence-corrected chi connectivity index (χ1v) is 8.22. The predicted molar refractivity (Wildman–Crippen MR) is 88.6 cm³/mol. The zero-order valence-corrected chi connectivity index (χ0v) is 14.8. The SMILES string of the molecule is CNCCC(=O)OCC(=O)Nc1ccn(C2OC(CO)C(O)C2(F)F)c(=O)n1. The number of alkyl halides is 2. The van der Waals surface area contributed by atoms with Gasteiger partial charge in [-0.1, -0.05) is 0 Å². The molecule has 1 saturated heterocycles. The summed E-state index contributed by atoms with van der Waals surface area (Å²) in [6.45, 7) is -1.10. The molecule has 3 atom stereocenters. The van der Waals surface area contributed by atoms with Gasteiger partial charge in [0.15, 0.2) is 12.7 Å². The fourth-order valence-corrected chi connectivity index (χ4v) is 2.40. The highest BCUT2D eigenvalue weighted by molar-refractivity contribution is 5.91. The Morgan fingerprint density at radius 2 is 2.18 bits per heavy atom. The molecular formula is C15H20F2N4O7. The lowest BCUT2D eigenvalue weighted by molar-refractivity contribution is -0.147. The molecule has 156 valence electrons. The van der Waals surface area contributed by atoms with Crippen LogP contribution in [-0.4, -0.2) is 76.6 Å². The van der Waals surface area contributed by atoms with Crippen LogP contribution in [0.15, 0.2) is 17.1 Å². The van der Waals surface area contributed by atoms with Gasteiger partial charge in [-0.2, -0.15) is 13.8 Å². The van der Waals surface area contributed by atoms with Crippen LogP contribution in [0.5, 0.6) is 0 Å². The number of carbonyl (C=O) groups excluding carboxylic acids is 2. The van der Waals surface area contributed by atoms with E-state index in [9.17, 15) is 28.3 Å². The van der Waals surface area contributed by atoms with Crippen molar-refractivity contribution < 1.29 is 38.1 Å². The van der Waals surface area contributed by atoms with Crippen molar-refractivity contribution in [2.45, 2.75) is 30.8 Å². The van der Waals surface area contributed by atoms with Gasteiger partial charge in [0, 0.05) is 12.7 Å². The van der Waals surface area contributed by atoms with Crippen LogP contribution in [0.4, 0.5) is 14.6 Å². The van der Waals surface area contributed by atoms with E-state index < -0.39 is 55.1 Å². The van der Waals surface area contributed by atoms with Crippen molar-refractivity contribution in [3.8, 4) is 0 Å². The van der Waals surface area contributed by atoms with Gasteiger partial charge in [0.2, 0.25) is 6.23 Å². The van der Waals surface area contributed by atoms with Crippen LogP contribution < -0.4 is 16.3 Å². The van der Waals surface area contributed by atoms with Crippen molar-refractivity contribution in [3.63, 3.8) is 0 Å². The van der Waals surface area contributed by atoms with Crippen LogP contribution in [0.2, 0.25) is 0 Å². The third kappa shape index (κ3) is 4.86. The minimum atomic E-state index is -3.84. The molecule has 0 aromatic carbocycles. The van der Waals surface area contributed by atoms with Crippen LogP contribution >= 0.6 is 0 Å². The van der Waals surface area contributed by atoms with Crippen LogP contribution in [0, 0.1) is 0 Å². The van der Waals surface area contributed by atoms with Gasteiger partial charge in [-0.25, -0.2) is 4.79 Å². The van der Waals surface area contributed by atoms with Crippen molar-refractivity contribution in [1.82, 2.24) is 14.9 Å². The number of nitrogens with zero attached hydrogens (tertiary/aromatic N) is 2. The molecule has 1 aromatic heterocycles. The Labute approximate surface area is 157 Å². The summed E-state index contributed by atoms with van der Waals surface area (Å²) in [5.41, 5.74) is -1.18. The van der Waals surface area contributed by atoms with Crippen LogP contribution in [0.25, 0.3) is 0 Å². The number of anilines is 1. The number of nitrogens with one attached hydrogen (secondary N) is 2. The molecule has 0 spiro atoms. The Morgan fingerprint density at radius 1 is 1.46 bits per heavy atom. The molecule has 1 aromatic rings. The molecule has 4 N–H and O–H groups in total. The Balaban J connectivity index is 2.02. The van der Waals surface area contributed by atoms with E-state index in [2.05, 4.69) is 15.6 Å². The number of aliphatic hydroxyl groups is 2. The molecule has 0 bridgehead atoms. The number of hydrogen-bond acceptors (Lipinski definition) is 9. The Hall–Kier alpha value is -2.48. The maximum atomic E-state index is 14.1. The minimum absolute atomic E-state index is 0.0638. The minimum Gasteiger partial charge on any atom is -0.456 e. The molecule has 2 heterocycles. The largest absolute Gasteiger partial charge is 0.456 e. The maximum absolute atomic E-state index is 14.1. The van der Waals surface area contributed by atoms with E-state index in [4.69, 9.17) is 14.6 Å². The lowest BCUT2D eigenvalue weighted by atomic mass is 10.1. The maximum Gasteiger partial charge on any atom is 0.351 e. The summed E-state index contributed by atoms with van der Waals surface area (Å²) in [5, 5.41) is 23.4. The smallest absolute Gasteiger partial charge is 0.351 e. The highest BCUT2D eigenvalue weighted by Gasteiger charge is 2.59. The monoisotopic (exact) mass is 406 g/mol. The molecular weight excluding hydrogens is 386 g/mol. The van der Waals surface area contributed by atoms with E-state index in [1.54, 1.807) is 7.05 Å². The average molecular weight is 406 g/mol. The third-order valence-electron chi connectivity index (χ3n) is 3.85. The number of hydrogen-bond donors (Lipinski definition) is 4. The zero-order valence-electron chi connectivity index (χ0n) is 14.8. The summed E-state index contributed by atoms with van der Waals surface area (Å²) in [6.07, 6.45) is -5.07. The molecule has 13 heteroatoms. The van der Waals surface area contributed by atoms with Crippen LogP contribution in [0.1, 0.15) is 12.6 Å². The van der Waals surface area contributed by atoms with Crippen molar-refractivity contribution in [2.24, 2.45) is 0 Å². The van der Waals surface area contributed by atoms with Gasteiger partial charge in [-0.05, 0) is 13.1 Å². The highest BCUT2D eigenvalue weighted by atomic mass is 19.3. The Bertz CT molecular complexity index is 773. The molecule has 1 fully saturated rings. The van der Waals surface area contributed by atoms with Gasteiger partial charge < -0.3 is 30.3 Å². The fourth-order valence-electron chi connectivity index (χ4n) is 2.40. The van der Waals surface area contributed by atoms with E-state index in [0.717, 1.165) is 12.3 Å². The number of aromatic nitrogens is 2. The van der Waals surface area contributed by atoms with Crippen LogP contribution in [0.3, 0.4) is 0 Å². The van der Waals surface area contributed by atoms with Crippen molar-refractivity contribution in [1.29, 1.82) is 0 Å². The van der Waals surface area contributed by atoms with E-state index in [-0.39, 0.29) is 12.2 Å². The Kier molecular flexibility index (Phi) is 7.12. The second kappa shape index (κ2) is 9.14. The number of halogens is 2. The first-order chi connectivity index (χ1) is 13.2. The van der Waals surface area contributed by atoms with Crippen molar-refractivity contribution in [3.05, 3.63) is 22.7 Å². The first kappa shape index (κ1) is 21.8. The fraction of sp³-hybridized carbons (Fsp3) is 0.600. The molecule has 28 heavy (non-hydrogen) atoms. The molecule has 0 aliphatic carbocycles. The lowest BCUT2D eigenvalue weighted by Gasteiger charge is -2.21. The summed E-state index contributed by atoms with van der Waals surface area (Å²) in [5.74, 6) is -5.48. The number of amides is 1. The van der Waals surface area contributed by atoms with Crippen molar-refractivity contribution >= 4 is 17.7 Å². The number of rotatable bonds is 8. The molecule has 1 aliphatic heterocycles. The second-order valence-corrected chi connectivity index (χ2v) is 5.89. The van der Waals surface area contributed by atoms with Crippen molar-refractivity contribution in [2.75, 3.05) is 32.1 Å². The summed E-state index contributed by atoms with van der Waals surface area (Å²) in [6, 6.07) is 1.06. The van der Waals surface area contributed by atoms with Gasteiger partial charge in [0.1, 0.15) is 11.9 Å². The summed E-state index contributed by atoms with van der Waals surface area (Å²) in [7, 11) is 1.64. The van der Waals surface area contributed by atoms with Crippen LogP contribution in [-0.2, 0) is 19.1 Å². The van der Waals surface area contributed by atoms with Gasteiger partial charge in [0.25, 0.3) is 5.91 Å².